The molecule has 0 bridgehead atoms. The zero-order valence-electron chi connectivity index (χ0n) is 7.62. The summed E-state index contributed by atoms with van der Waals surface area (Å²) in [4.78, 5) is 0. The molecule has 1 aromatic rings. The molecule has 0 unspecified atom stereocenters. The van der Waals surface area contributed by atoms with Crippen molar-refractivity contribution in [3.05, 3.63) is 47.6 Å². The van der Waals surface area contributed by atoms with Gasteiger partial charge in [0, 0.05) is 0 Å². The van der Waals surface area contributed by atoms with Gasteiger partial charge >= 0.3 is 0 Å². The fraction of sp³-hybridized carbons (Fsp3) is 0.167. The molecule has 0 radical (unpaired) electrons. The molecular weight excluding hydrogens is 160 g/mol. The first-order valence-electron chi connectivity index (χ1n) is 4.42. The van der Waals surface area contributed by atoms with Crippen molar-refractivity contribution in [2.75, 3.05) is 0 Å². The van der Waals surface area contributed by atoms with E-state index >= 15 is 0 Å². The molecule has 1 N–H and O–H groups in total. The summed E-state index contributed by atoms with van der Waals surface area (Å²) in [6.07, 6.45) is 5.41. The van der Waals surface area contributed by atoms with Gasteiger partial charge < -0.3 is 5.11 Å². The second-order valence-electron chi connectivity index (χ2n) is 3.37. The number of phenolic OH excluding ortho intramolecular Hbond substituents is 1. The van der Waals surface area contributed by atoms with E-state index in [1.807, 2.05) is 12.1 Å². The monoisotopic (exact) mass is 172 g/mol. The van der Waals surface area contributed by atoms with E-state index in [0.29, 0.717) is 5.75 Å². The Morgan fingerprint density at radius 1 is 1.15 bits per heavy atom. The van der Waals surface area contributed by atoms with Crippen LogP contribution in [0.1, 0.15) is 18.9 Å². The maximum atomic E-state index is 9.12. The molecule has 0 amide bonds. The molecule has 2 rings (SSSR count). The van der Waals surface area contributed by atoms with Gasteiger partial charge in [0.25, 0.3) is 0 Å². The van der Waals surface area contributed by atoms with E-state index in [1.54, 1.807) is 12.1 Å². The highest BCUT2D eigenvalue weighted by atomic mass is 16.3. The molecule has 0 saturated heterocycles. The molecule has 1 heteroatoms. The highest BCUT2D eigenvalue weighted by molar-refractivity contribution is 5.72. The number of allylic oxidation sites excluding steroid dienone is 4. The normalized spacial score (nSPS) is 15.5. The van der Waals surface area contributed by atoms with Crippen LogP contribution in [0, 0.1) is 0 Å². The van der Waals surface area contributed by atoms with Gasteiger partial charge in [-0.2, -0.15) is 0 Å². The zero-order valence-corrected chi connectivity index (χ0v) is 7.62. The third-order valence-corrected chi connectivity index (χ3v) is 2.28. The van der Waals surface area contributed by atoms with Crippen molar-refractivity contribution < 1.29 is 5.11 Å². The average molecular weight is 172 g/mol. The average Bonchev–Trinajstić information content (AvgIpc) is 2.53. The van der Waals surface area contributed by atoms with Gasteiger partial charge in [-0.25, -0.2) is 0 Å². The summed E-state index contributed by atoms with van der Waals surface area (Å²) in [5, 5.41) is 9.12. The van der Waals surface area contributed by atoms with Crippen molar-refractivity contribution in [1.82, 2.24) is 0 Å². The summed E-state index contributed by atoms with van der Waals surface area (Å²) in [6, 6.07) is 7.36. The van der Waals surface area contributed by atoms with E-state index in [2.05, 4.69) is 19.1 Å². The fourth-order valence-corrected chi connectivity index (χ4v) is 1.54. The molecule has 0 heterocycles. The SMILES string of the molecule is CC1=CCC(c2ccc(O)cc2)=C1. The van der Waals surface area contributed by atoms with Crippen LogP contribution in [0.2, 0.25) is 0 Å². The van der Waals surface area contributed by atoms with Crippen molar-refractivity contribution in [3.63, 3.8) is 0 Å². The molecule has 0 fully saturated rings. The van der Waals surface area contributed by atoms with Gasteiger partial charge in [-0.15, -0.1) is 0 Å². The molecule has 66 valence electrons. The summed E-state index contributed by atoms with van der Waals surface area (Å²) in [7, 11) is 0. The van der Waals surface area contributed by atoms with Crippen LogP contribution in [-0.4, -0.2) is 5.11 Å². The minimum atomic E-state index is 0.326. The molecule has 1 aliphatic rings. The first kappa shape index (κ1) is 8.11. The Kier molecular flexibility index (Phi) is 1.93. The second kappa shape index (κ2) is 3.09. The number of aromatic hydroxyl groups is 1. The van der Waals surface area contributed by atoms with E-state index in [0.717, 1.165) is 6.42 Å². The standard InChI is InChI=1S/C12H12O/c1-9-2-3-11(8-9)10-4-6-12(13)7-5-10/h2,4-8,13H,3H2,1H3. The third kappa shape index (κ3) is 1.64. The highest BCUT2D eigenvalue weighted by Crippen LogP contribution is 2.27. The fourth-order valence-electron chi connectivity index (χ4n) is 1.54. The van der Waals surface area contributed by atoms with Gasteiger partial charge in [-0.3, -0.25) is 0 Å². The van der Waals surface area contributed by atoms with Crippen molar-refractivity contribution in [1.29, 1.82) is 0 Å². The van der Waals surface area contributed by atoms with Crippen molar-refractivity contribution in [2.24, 2.45) is 0 Å². The minimum absolute atomic E-state index is 0.326. The van der Waals surface area contributed by atoms with Crippen LogP contribution >= 0.6 is 0 Å². The first-order valence-corrected chi connectivity index (χ1v) is 4.42. The minimum Gasteiger partial charge on any atom is -0.508 e. The molecular formula is C12H12O. The predicted molar refractivity (Wildman–Crippen MR) is 54.5 cm³/mol. The molecule has 13 heavy (non-hydrogen) atoms. The zero-order chi connectivity index (χ0) is 9.26. The molecule has 1 aromatic carbocycles. The number of benzene rings is 1. The Labute approximate surface area is 78.0 Å². The summed E-state index contributed by atoms with van der Waals surface area (Å²) in [5.41, 5.74) is 3.85. The van der Waals surface area contributed by atoms with Gasteiger partial charge in [0.2, 0.25) is 0 Å². The van der Waals surface area contributed by atoms with Gasteiger partial charge in [-0.05, 0) is 36.6 Å². The second-order valence-corrected chi connectivity index (χ2v) is 3.37. The van der Waals surface area contributed by atoms with Crippen molar-refractivity contribution >= 4 is 5.57 Å². The highest BCUT2D eigenvalue weighted by Gasteiger charge is 2.05. The van der Waals surface area contributed by atoms with Crippen LogP contribution in [0.5, 0.6) is 5.75 Å². The lowest BCUT2D eigenvalue weighted by molar-refractivity contribution is 0.475. The molecule has 1 nitrogen and oxygen atoms in total. The quantitative estimate of drug-likeness (QED) is 0.690. The van der Waals surface area contributed by atoms with Crippen LogP contribution < -0.4 is 0 Å². The Balaban J connectivity index is 2.28. The maximum absolute atomic E-state index is 9.12. The van der Waals surface area contributed by atoms with E-state index < -0.39 is 0 Å². The van der Waals surface area contributed by atoms with Gasteiger partial charge in [0.05, 0.1) is 0 Å². The Bertz CT molecular complexity index is 369. The molecule has 0 spiro atoms. The van der Waals surface area contributed by atoms with Crippen LogP contribution in [0.15, 0.2) is 42.0 Å². The Morgan fingerprint density at radius 3 is 2.38 bits per heavy atom. The maximum Gasteiger partial charge on any atom is 0.115 e. The van der Waals surface area contributed by atoms with Gasteiger partial charge in [0.15, 0.2) is 0 Å². The molecule has 0 atom stereocenters. The van der Waals surface area contributed by atoms with Crippen LogP contribution in [-0.2, 0) is 0 Å². The molecule has 0 saturated carbocycles. The number of rotatable bonds is 1. The summed E-state index contributed by atoms with van der Waals surface area (Å²) >= 11 is 0. The van der Waals surface area contributed by atoms with Gasteiger partial charge in [-0.1, -0.05) is 29.9 Å². The van der Waals surface area contributed by atoms with Crippen LogP contribution in [0.4, 0.5) is 0 Å². The van der Waals surface area contributed by atoms with Crippen LogP contribution in [0.3, 0.4) is 0 Å². The summed E-state index contributed by atoms with van der Waals surface area (Å²) in [6.45, 7) is 2.10. The Morgan fingerprint density at radius 2 is 1.85 bits per heavy atom. The van der Waals surface area contributed by atoms with Crippen LogP contribution in [0.25, 0.3) is 5.57 Å². The number of phenols is 1. The predicted octanol–water partition coefficient (Wildman–Crippen LogP) is 3.13. The number of hydrogen-bond donors (Lipinski definition) is 1. The molecule has 0 aromatic heterocycles. The van der Waals surface area contributed by atoms with E-state index in [1.165, 1.54) is 16.7 Å². The van der Waals surface area contributed by atoms with E-state index in [9.17, 15) is 0 Å². The molecule has 0 aliphatic heterocycles. The lowest BCUT2D eigenvalue weighted by atomic mass is 10.1. The third-order valence-electron chi connectivity index (χ3n) is 2.28. The van der Waals surface area contributed by atoms with Crippen molar-refractivity contribution in [2.45, 2.75) is 13.3 Å². The topological polar surface area (TPSA) is 20.2 Å². The lowest BCUT2D eigenvalue weighted by Gasteiger charge is -2.01. The smallest absolute Gasteiger partial charge is 0.115 e. The molecule has 1 aliphatic carbocycles. The van der Waals surface area contributed by atoms with Crippen molar-refractivity contribution in [3.8, 4) is 5.75 Å². The Hall–Kier alpha value is -1.50. The summed E-state index contributed by atoms with van der Waals surface area (Å²) < 4.78 is 0. The van der Waals surface area contributed by atoms with E-state index in [-0.39, 0.29) is 0 Å². The van der Waals surface area contributed by atoms with E-state index in [4.69, 9.17) is 5.11 Å². The largest absolute Gasteiger partial charge is 0.508 e. The lowest BCUT2D eigenvalue weighted by Crippen LogP contribution is -1.78. The number of hydrogen-bond acceptors (Lipinski definition) is 1. The van der Waals surface area contributed by atoms with Gasteiger partial charge in [0.1, 0.15) is 5.75 Å². The summed E-state index contributed by atoms with van der Waals surface area (Å²) in [5.74, 6) is 0.326. The first-order chi connectivity index (χ1) is 6.25.